The highest BCUT2D eigenvalue weighted by atomic mass is 31.1. The Kier molecular flexibility index (Phi) is 6.75. The van der Waals surface area contributed by atoms with Crippen molar-refractivity contribution in [2.45, 2.75) is 127 Å². The van der Waals surface area contributed by atoms with Gasteiger partial charge in [0.2, 0.25) is 0 Å². The van der Waals surface area contributed by atoms with Crippen LogP contribution >= 0.6 is 15.8 Å². The predicted molar refractivity (Wildman–Crippen MR) is 192 cm³/mol. The van der Waals surface area contributed by atoms with E-state index in [2.05, 4.69) is 64.7 Å². The van der Waals surface area contributed by atoms with Crippen molar-refractivity contribution in [2.75, 3.05) is 13.3 Å². The number of hydrogen-bond acceptors (Lipinski definition) is 2. The summed E-state index contributed by atoms with van der Waals surface area (Å²) >= 11 is 0. The van der Waals surface area contributed by atoms with Gasteiger partial charge in [-0.3, -0.25) is 0 Å². The molecule has 2 nitrogen and oxygen atoms in total. The maximum atomic E-state index is 6.06. The molecule has 8 fully saturated rings. The molecular weight excluding hydrogens is 579 g/mol. The second kappa shape index (κ2) is 9.68. The van der Waals surface area contributed by atoms with Crippen LogP contribution in [0.4, 0.5) is 0 Å². The number of fused-ring (bicyclic) bond motifs is 1. The Morgan fingerprint density at radius 1 is 0.524 bits per heavy atom. The van der Waals surface area contributed by atoms with E-state index in [4.69, 9.17) is 9.97 Å². The molecule has 0 radical (unpaired) electrons. The molecule has 42 heavy (non-hydrogen) atoms. The number of nitrogens with zero attached hydrogens (tertiary/aromatic N) is 2. The minimum absolute atomic E-state index is 0.334. The van der Waals surface area contributed by atoms with Crippen LogP contribution in [0.25, 0.3) is 11.0 Å². The summed E-state index contributed by atoms with van der Waals surface area (Å²) in [6.45, 7) is 20.6. The molecule has 1 aromatic carbocycles. The van der Waals surface area contributed by atoms with Crippen molar-refractivity contribution in [3.8, 4) is 0 Å². The third-order valence-electron chi connectivity index (χ3n) is 13.5. The van der Waals surface area contributed by atoms with Gasteiger partial charge in [0.1, 0.15) is 0 Å². The number of rotatable bonds is 6. The molecule has 228 valence electrons. The molecular formula is C36H56N2P2Si2. The number of benzene rings is 1. The van der Waals surface area contributed by atoms with Crippen molar-refractivity contribution in [1.29, 1.82) is 0 Å². The molecule has 1 aromatic heterocycles. The second-order valence-electron chi connectivity index (χ2n) is 18.6. The summed E-state index contributed by atoms with van der Waals surface area (Å²) in [6, 6.07) is 5.02. The minimum atomic E-state index is -1.58. The first-order valence-corrected chi connectivity index (χ1v) is 28.1. The molecule has 0 spiro atoms. The third-order valence-corrected chi connectivity index (χ3v) is 23.5. The maximum Gasteiger partial charge on any atom is 0.0900 e. The SMILES string of the molecule is CP(c1nc2c([Si](C)(C)C)ccc([Si](C)(C)C)c2nc1P(C)C12CC3CC(CC(C3)C1)C2)C12CC3CC(CC(C3)C1)C2. The van der Waals surface area contributed by atoms with Gasteiger partial charge in [0, 0.05) is 0 Å². The molecule has 6 heteroatoms. The van der Waals surface area contributed by atoms with Crippen LogP contribution < -0.4 is 21.2 Å². The second-order valence-corrected chi connectivity index (χ2v) is 33.7. The molecule has 0 N–H and O–H groups in total. The van der Waals surface area contributed by atoms with Crippen molar-refractivity contribution in [2.24, 2.45) is 35.5 Å². The van der Waals surface area contributed by atoms with Crippen LogP contribution in [-0.4, -0.2) is 49.8 Å². The average molecular weight is 635 g/mol. The van der Waals surface area contributed by atoms with Gasteiger partial charge in [-0.25, -0.2) is 9.97 Å². The van der Waals surface area contributed by atoms with E-state index in [1.807, 2.05) is 0 Å². The standard InChI is InChI=1S/C36H56N2P2Si2/c1-39(35-17-23-11-24(18-35)13-25(12-23)19-35)33-34(40(2)36-20-26-14-27(21-36)16-28(15-26)22-36)38-32-30(42(6,7)8)10-9-29(31(32)37-33)41(3,4)5/h9-10,23-28H,11-22H2,1-8H3. The lowest BCUT2D eigenvalue weighted by Gasteiger charge is -2.60. The fourth-order valence-electron chi connectivity index (χ4n) is 12.2. The molecule has 10 rings (SSSR count). The van der Waals surface area contributed by atoms with Crippen molar-refractivity contribution in [1.82, 2.24) is 9.97 Å². The fourth-order valence-corrected chi connectivity index (χ4v) is 21.3. The van der Waals surface area contributed by atoms with Crippen molar-refractivity contribution in [3.63, 3.8) is 0 Å². The van der Waals surface area contributed by atoms with E-state index in [1.165, 1.54) is 88.1 Å². The topological polar surface area (TPSA) is 25.8 Å². The van der Waals surface area contributed by atoms with Crippen LogP contribution in [0.2, 0.25) is 39.3 Å². The van der Waals surface area contributed by atoms with Gasteiger partial charge in [0.15, 0.2) is 0 Å². The molecule has 8 aliphatic rings. The summed E-state index contributed by atoms with van der Waals surface area (Å²) in [5.41, 5.74) is 5.77. The van der Waals surface area contributed by atoms with Gasteiger partial charge < -0.3 is 0 Å². The molecule has 8 saturated carbocycles. The molecule has 8 bridgehead atoms. The van der Waals surface area contributed by atoms with Gasteiger partial charge in [0.05, 0.1) is 38.1 Å². The third kappa shape index (κ3) is 4.56. The quantitative estimate of drug-likeness (QED) is 0.237. The van der Waals surface area contributed by atoms with Crippen molar-refractivity contribution < 1.29 is 0 Å². The summed E-state index contributed by atoms with van der Waals surface area (Å²) in [4.78, 5) is 12.1. The summed E-state index contributed by atoms with van der Waals surface area (Å²) in [7, 11) is -3.84. The van der Waals surface area contributed by atoms with Gasteiger partial charge in [0.25, 0.3) is 0 Å². The number of hydrogen-bond donors (Lipinski definition) is 0. The first kappa shape index (κ1) is 29.3. The van der Waals surface area contributed by atoms with Crippen LogP contribution in [0.15, 0.2) is 12.1 Å². The maximum absolute atomic E-state index is 6.06. The Labute approximate surface area is 260 Å². The Morgan fingerprint density at radius 2 is 0.786 bits per heavy atom. The van der Waals surface area contributed by atoms with E-state index in [0.29, 0.717) is 10.3 Å². The first-order valence-electron chi connectivity index (χ1n) is 17.6. The molecule has 2 aromatic rings. The lowest BCUT2D eigenvalue weighted by molar-refractivity contribution is 0.0359. The lowest BCUT2D eigenvalue weighted by atomic mass is 9.56. The molecule has 2 atom stereocenters. The zero-order chi connectivity index (χ0) is 29.4. The highest BCUT2D eigenvalue weighted by molar-refractivity contribution is 7.72. The van der Waals surface area contributed by atoms with Crippen molar-refractivity contribution >= 4 is 64.3 Å². The molecule has 0 amide bonds. The summed E-state index contributed by atoms with van der Waals surface area (Å²) in [5, 5.41) is 4.19. The Balaban J connectivity index is 1.34. The Morgan fingerprint density at radius 3 is 1.02 bits per heavy atom. The lowest BCUT2D eigenvalue weighted by Crippen LogP contribution is -2.54. The van der Waals surface area contributed by atoms with Crippen LogP contribution in [-0.2, 0) is 0 Å². The summed E-state index contributed by atoms with van der Waals surface area (Å²) in [6.07, 6.45) is 18.2. The molecule has 0 saturated heterocycles. The molecule has 8 aliphatic carbocycles. The van der Waals surface area contributed by atoms with E-state index in [0.717, 1.165) is 35.5 Å². The minimum Gasteiger partial charge on any atom is -0.244 e. The smallest absolute Gasteiger partial charge is 0.0900 e. The zero-order valence-electron chi connectivity index (χ0n) is 27.9. The van der Waals surface area contributed by atoms with Crippen LogP contribution in [0.1, 0.15) is 77.0 Å². The van der Waals surface area contributed by atoms with E-state index in [-0.39, 0.29) is 15.8 Å². The first-order chi connectivity index (χ1) is 19.7. The van der Waals surface area contributed by atoms with Gasteiger partial charge in [-0.05, 0) is 162 Å². The van der Waals surface area contributed by atoms with Gasteiger partial charge in [-0.1, -0.05) is 51.4 Å². The highest BCUT2D eigenvalue weighted by Gasteiger charge is 2.57. The zero-order valence-corrected chi connectivity index (χ0v) is 31.7. The summed E-state index contributed by atoms with van der Waals surface area (Å²) < 4.78 is 0. The predicted octanol–water partition coefficient (Wildman–Crippen LogP) is 8.13. The van der Waals surface area contributed by atoms with E-state index in [1.54, 1.807) is 21.2 Å². The monoisotopic (exact) mass is 634 g/mol. The van der Waals surface area contributed by atoms with Crippen LogP contribution in [0.5, 0.6) is 0 Å². The molecule has 1 heterocycles. The van der Waals surface area contributed by atoms with Gasteiger partial charge in [-0.15, -0.1) is 0 Å². The van der Waals surface area contributed by atoms with Gasteiger partial charge in [-0.2, -0.15) is 0 Å². The number of aromatic nitrogens is 2. The fraction of sp³-hybridized carbons (Fsp3) is 0.778. The average Bonchev–Trinajstić information content (AvgIpc) is 2.88. The van der Waals surface area contributed by atoms with Crippen LogP contribution in [0, 0.1) is 35.5 Å². The highest BCUT2D eigenvalue weighted by Crippen LogP contribution is 2.69. The van der Waals surface area contributed by atoms with Gasteiger partial charge >= 0.3 is 0 Å². The van der Waals surface area contributed by atoms with E-state index < -0.39 is 16.1 Å². The molecule has 2 unspecified atom stereocenters. The Hall–Kier alpha value is -0.146. The van der Waals surface area contributed by atoms with E-state index in [9.17, 15) is 0 Å². The normalized spacial score (nSPS) is 40.2. The Bertz CT molecular complexity index is 1250. The van der Waals surface area contributed by atoms with Crippen molar-refractivity contribution in [3.05, 3.63) is 12.1 Å². The molecule has 0 aliphatic heterocycles. The summed E-state index contributed by atoms with van der Waals surface area (Å²) in [5.74, 6) is 6.00. The largest absolute Gasteiger partial charge is 0.244 e. The van der Waals surface area contributed by atoms with Crippen LogP contribution in [0.3, 0.4) is 0 Å². The van der Waals surface area contributed by atoms with E-state index >= 15 is 0 Å².